The molecule has 92 valence electrons. The average molecular weight is 254 g/mol. The number of carboxylic acid groups (broad SMARTS) is 1. The number of sulfone groups is 1. The fourth-order valence-electron chi connectivity index (χ4n) is 2.25. The summed E-state index contributed by atoms with van der Waals surface area (Å²) in [6.07, 6.45) is 1.12. The van der Waals surface area contributed by atoms with Crippen molar-refractivity contribution in [3.8, 4) is 0 Å². The minimum absolute atomic E-state index is 0.229. The number of hydrogen-bond donors (Lipinski definition) is 1. The summed E-state index contributed by atoms with van der Waals surface area (Å²) < 4.78 is 24.4. The first-order chi connectivity index (χ1) is 8.01. The first-order valence-electron chi connectivity index (χ1n) is 5.53. The molecule has 1 aromatic rings. The lowest BCUT2D eigenvalue weighted by Gasteiger charge is -2.11. The van der Waals surface area contributed by atoms with E-state index in [4.69, 9.17) is 5.11 Å². The molecule has 1 saturated carbocycles. The van der Waals surface area contributed by atoms with E-state index in [0.717, 1.165) is 0 Å². The minimum atomic E-state index is -3.37. The van der Waals surface area contributed by atoms with Gasteiger partial charge in [0, 0.05) is 0 Å². The molecule has 0 saturated heterocycles. The molecule has 0 bridgehead atoms. The molecule has 0 aliphatic heterocycles. The summed E-state index contributed by atoms with van der Waals surface area (Å²) in [6, 6.07) is 8.23. The Balaban J connectivity index is 2.22. The third kappa shape index (κ3) is 2.34. The maximum atomic E-state index is 12.2. The van der Waals surface area contributed by atoms with E-state index in [0.29, 0.717) is 12.8 Å². The van der Waals surface area contributed by atoms with E-state index in [1.54, 1.807) is 30.3 Å². The van der Waals surface area contributed by atoms with Crippen molar-refractivity contribution in [3.63, 3.8) is 0 Å². The second-order valence-corrected chi connectivity index (χ2v) is 6.56. The van der Waals surface area contributed by atoms with Crippen LogP contribution in [0.3, 0.4) is 0 Å². The van der Waals surface area contributed by atoms with E-state index in [9.17, 15) is 13.2 Å². The number of benzene rings is 1. The van der Waals surface area contributed by atoms with Gasteiger partial charge in [-0.1, -0.05) is 18.2 Å². The van der Waals surface area contributed by atoms with Gasteiger partial charge in [0.2, 0.25) is 0 Å². The Bertz CT molecular complexity index is 507. The maximum Gasteiger partial charge on any atom is 0.306 e. The molecule has 1 aliphatic rings. The van der Waals surface area contributed by atoms with Crippen LogP contribution in [-0.4, -0.2) is 24.7 Å². The van der Waals surface area contributed by atoms with Gasteiger partial charge in [-0.05, 0) is 31.4 Å². The van der Waals surface area contributed by atoms with Gasteiger partial charge in [0.25, 0.3) is 0 Å². The van der Waals surface area contributed by atoms with Gasteiger partial charge in [-0.15, -0.1) is 0 Å². The van der Waals surface area contributed by atoms with Crippen LogP contribution in [0.2, 0.25) is 0 Å². The van der Waals surface area contributed by atoms with Gasteiger partial charge in [-0.3, -0.25) is 4.79 Å². The Kier molecular flexibility index (Phi) is 3.19. The maximum absolute atomic E-state index is 12.2. The molecule has 2 rings (SSSR count). The molecule has 0 amide bonds. The standard InChI is InChI=1S/C12H14O4S/c13-12(14)9-6-7-11(8-9)17(15,16)10-4-2-1-3-5-10/h1-5,9,11H,6-8H2,(H,13,14). The van der Waals surface area contributed by atoms with Gasteiger partial charge in [0.1, 0.15) is 0 Å². The van der Waals surface area contributed by atoms with Crippen LogP contribution < -0.4 is 0 Å². The Morgan fingerprint density at radius 2 is 1.82 bits per heavy atom. The molecule has 17 heavy (non-hydrogen) atoms. The van der Waals surface area contributed by atoms with Crippen molar-refractivity contribution in [1.82, 2.24) is 0 Å². The van der Waals surface area contributed by atoms with Crippen LogP contribution in [0.5, 0.6) is 0 Å². The molecule has 2 unspecified atom stereocenters. The van der Waals surface area contributed by atoms with E-state index < -0.39 is 27.0 Å². The predicted molar refractivity (Wildman–Crippen MR) is 62.4 cm³/mol. The molecular weight excluding hydrogens is 240 g/mol. The molecule has 1 aliphatic carbocycles. The van der Waals surface area contributed by atoms with E-state index in [2.05, 4.69) is 0 Å². The average Bonchev–Trinajstić information content (AvgIpc) is 2.80. The SMILES string of the molecule is O=C(O)C1CCC(S(=O)(=O)c2ccccc2)C1. The quantitative estimate of drug-likeness (QED) is 0.891. The first-order valence-corrected chi connectivity index (χ1v) is 7.08. The number of carboxylic acids is 1. The largest absolute Gasteiger partial charge is 0.481 e. The van der Waals surface area contributed by atoms with Crippen LogP contribution in [0.25, 0.3) is 0 Å². The van der Waals surface area contributed by atoms with E-state index >= 15 is 0 Å². The zero-order valence-electron chi connectivity index (χ0n) is 9.24. The summed E-state index contributed by atoms with van der Waals surface area (Å²) in [7, 11) is -3.37. The molecular formula is C12H14O4S. The molecule has 1 fully saturated rings. The van der Waals surface area contributed by atoms with Crippen LogP contribution in [0.1, 0.15) is 19.3 Å². The number of carbonyl (C=O) groups is 1. The van der Waals surface area contributed by atoms with Crippen LogP contribution in [0, 0.1) is 5.92 Å². The van der Waals surface area contributed by atoms with Crippen molar-refractivity contribution in [2.75, 3.05) is 0 Å². The Hall–Kier alpha value is -1.36. The lowest BCUT2D eigenvalue weighted by atomic mass is 10.1. The summed E-state index contributed by atoms with van der Waals surface area (Å²) in [5, 5.41) is 8.32. The normalized spacial score (nSPS) is 24.7. The lowest BCUT2D eigenvalue weighted by molar-refractivity contribution is -0.141. The number of rotatable bonds is 3. The Morgan fingerprint density at radius 1 is 1.18 bits per heavy atom. The second kappa shape index (κ2) is 4.49. The summed E-state index contributed by atoms with van der Waals surface area (Å²) in [6.45, 7) is 0. The smallest absolute Gasteiger partial charge is 0.306 e. The monoisotopic (exact) mass is 254 g/mol. The van der Waals surface area contributed by atoms with Crippen molar-refractivity contribution < 1.29 is 18.3 Å². The highest BCUT2D eigenvalue weighted by Gasteiger charge is 2.37. The molecule has 0 radical (unpaired) electrons. The van der Waals surface area contributed by atoms with Gasteiger partial charge in [-0.2, -0.15) is 0 Å². The first kappa shape index (κ1) is 12.1. The molecule has 2 atom stereocenters. The zero-order valence-corrected chi connectivity index (χ0v) is 10.1. The molecule has 0 spiro atoms. The van der Waals surface area contributed by atoms with E-state index in [1.165, 1.54) is 0 Å². The van der Waals surface area contributed by atoms with Crippen molar-refractivity contribution in [3.05, 3.63) is 30.3 Å². The number of aliphatic carboxylic acids is 1. The Labute approximate surface area is 100 Å². The van der Waals surface area contributed by atoms with Crippen LogP contribution in [0.15, 0.2) is 35.2 Å². The van der Waals surface area contributed by atoms with E-state index in [1.807, 2.05) is 0 Å². The summed E-state index contributed by atoms with van der Waals surface area (Å²) in [4.78, 5) is 11.1. The molecule has 1 aromatic carbocycles. The fourth-order valence-corrected chi connectivity index (χ4v) is 4.10. The third-order valence-electron chi connectivity index (χ3n) is 3.24. The summed E-state index contributed by atoms with van der Waals surface area (Å²) >= 11 is 0. The van der Waals surface area contributed by atoms with Crippen molar-refractivity contribution in [2.45, 2.75) is 29.4 Å². The molecule has 4 nitrogen and oxygen atoms in total. The predicted octanol–water partition coefficient (Wildman–Crippen LogP) is 1.71. The Morgan fingerprint density at radius 3 is 2.35 bits per heavy atom. The van der Waals surface area contributed by atoms with Gasteiger partial charge in [0.15, 0.2) is 9.84 Å². The fraction of sp³-hybridized carbons (Fsp3) is 0.417. The van der Waals surface area contributed by atoms with Gasteiger partial charge >= 0.3 is 5.97 Å². The zero-order chi connectivity index (χ0) is 12.5. The van der Waals surface area contributed by atoms with Gasteiger partial charge < -0.3 is 5.11 Å². The highest BCUT2D eigenvalue weighted by Crippen LogP contribution is 2.33. The van der Waals surface area contributed by atoms with Crippen LogP contribution >= 0.6 is 0 Å². The minimum Gasteiger partial charge on any atom is -0.481 e. The van der Waals surface area contributed by atoms with Crippen molar-refractivity contribution in [2.24, 2.45) is 5.92 Å². The lowest BCUT2D eigenvalue weighted by Crippen LogP contribution is -2.20. The second-order valence-electron chi connectivity index (χ2n) is 4.33. The number of hydrogen-bond acceptors (Lipinski definition) is 3. The molecule has 0 aromatic heterocycles. The van der Waals surface area contributed by atoms with E-state index in [-0.39, 0.29) is 11.3 Å². The van der Waals surface area contributed by atoms with Crippen LogP contribution in [0.4, 0.5) is 0 Å². The summed E-state index contributed by atoms with van der Waals surface area (Å²) in [5.41, 5.74) is 0. The van der Waals surface area contributed by atoms with Gasteiger partial charge in [-0.25, -0.2) is 8.42 Å². The molecule has 5 heteroatoms. The topological polar surface area (TPSA) is 71.4 Å². The molecule has 0 heterocycles. The summed E-state index contributed by atoms with van der Waals surface area (Å²) in [5.74, 6) is -1.41. The third-order valence-corrected chi connectivity index (χ3v) is 5.48. The van der Waals surface area contributed by atoms with Crippen molar-refractivity contribution in [1.29, 1.82) is 0 Å². The van der Waals surface area contributed by atoms with Crippen LogP contribution in [-0.2, 0) is 14.6 Å². The van der Waals surface area contributed by atoms with Gasteiger partial charge in [0.05, 0.1) is 16.1 Å². The van der Waals surface area contributed by atoms with Crippen molar-refractivity contribution >= 4 is 15.8 Å². The molecule has 1 N–H and O–H groups in total. The highest BCUT2D eigenvalue weighted by atomic mass is 32.2. The highest BCUT2D eigenvalue weighted by molar-refractivity contribution is 7.92.